The van der Waals surface area contributed by atoms with Crippen LogP contribution in [0.2, 0.25) is 0 Å². The molecule has 0 radical (unpaired) electrons. The van der Waals surface area contributed by atoms with Gasteiger partial charge in [0.25, 0.3) is 0 Å². The summed E-state index contributed by atoms with van der Waals surface area (Å²) in [4.78, 5) is 8.50. The van der Waals surface area contributed by atoms with E-state index in [4.69, 9.17) is 10.9 Å². The van der Waals surface area contributed by atoms with Crippen molar-refractivity contribution in [2.75, 3.05) is 18.0 Å². The van der Waals surface area contributed by atoms with Crippen LogP contribution in [-0.2, 0) is 0 Å². The van der Waals surface area contributed by atoms with Crippen LogP contribution in [0.3, 0.4) is 0 Å². The quantitative estimate of drug-likeness (QED) is 0.365. The van der Waals surface area contributed by atoms with E-state index >= 15 is 0 Å². The first-order valence-electron chi connectivity index (χ1n) is 4.99. The highest BCUT2D eigenvalue weighted by molar-refractivity contribution is 5.99. The molecule has 0 aliphatic rings. The Morgan fingerprint density at radius 3 is 2.56 bits per heavy atom. The number of oxime groups is 1. The van der Waals surface area contributed by atoms with Crippen LogP contribution in [0.15, 0.2) is 17.5 Å². The summed E-state index contributed by atoms with van der Waals surface area (Å²) in [5.41, 5.74) is 5.25. The summed E-state index contributed by atoms with van der Waals surface area (Å²) in [6.07, 6.45) is -1.89. The number of hydrogen-bond acceptors (Lipinski definition) is 5. The molecule has 1 heterocycles. The normalized spacial score (nSPS) is 12.6. The zero-order valence-corrected chi connectivity index (χ0v) is 9.52. The van der Waals surface area contributed by atoms with Crippen LogP contribution in [0.5, 0.6) is 0 Å². The Kier molecular flexibility index (Phi) is 4.29. The Balaban J connectivity index is 3.14. The number of alkyl halides is 3. The lowest BCUT2D eigenvalue weighted by molar-refractivity contribution is -0.119. The zero-order chi connectivity index (χ0) is 13.8. The van der Waals surface area contributed by atoms with Gasteiger partial charge < -0.3 is 15.8 Å². The number of anilines is 1. The standard InChI is InChI=1S/C9H12F3N5O/c1-2-17(5-9(10,11)12)8-6(7(13)16-18)14-3-4-15-8/h3-4,18H,2,5H2,1H3,(H2,13,16). The van der Waals surface area contributed by atoms with Gasteiger partial charge in [-0.3, -0.25) is 0 Å². The molecule has 100 valence electrons. The highest BCUT2D eigenvalue weighted by atomic mass is 19.4. The van der Waals surface area contributed by atoms with Crippen LogP contribution >= 0.6 is 0 Å². The van der Waals surface area contributed by atoms with Crippen molar-refractivity contribution in [2.24, 2.45) is 10.9 Å². The molecule has 1 aromatic rings. The molecule has 3 N–H and O–H groups in total. The summed E-state index contributed by atoms with van der Waals surface area (Å²) >= 11 is 0. The van der Waals surface area contributed by atoms with Gasteiger partial charge in [0.2, 0.25) is 0 Å². The number of aromatic nitrogens is 2. The first-order valence-corrected chi connectivity index (χ1v) is 4.99. The van der Waals surface area contributed by atoms with Crippen LogP contribution in [0.1, 0.15) is 12.6 Å². The molecule has 1 rings (SSSR count). The van der Waals surface area contributed by atoms with Crippen molar-refractivity contribution in [3.8, 4) is 0 Å². The molecule has 6 nitrogen and oxygen atoms in total. The molecular weight excluding hydrogens is 251 g/mol. The average molecular weight is 263 g/mol. The summed E-state index contributed by atoms with van der Waals surface area (Å²) in [6, 6.07) is 0. The highest BCUT2D eigenvalue weighted by Gasteiger charge is 2.32. The van der Waals surface area contributed by atoms with E-state index in [1.54, 1.807) is 0 Å². The van der Waals surface area contributed by atoms with E-state index in [9.17, 15) is 13.2 Å². The van der Waals surface area contributed by atoms with E-state index in [1.807, 2.05) is 0 Å². The van der Waals surface area contributed by atoms with Crippen molar-refractivity contribution < 1.29 is 18.4 Å². The number of rotatable bonds is 4. The molecular formula is C9H12F3N5O. The van der Waals surface area contributed by atoms with Gasteiger partial charge in [-0.05, 0) is 6.92 Å². The summed E-state index contributed by atoms with van der Waals surface area (Å²) < 4.78 is 37.2. The molecule has 0 aliphatic heterocycles. The van der Waals surface area contributed by atoms with Crippen LogP contribution in [-0.4, -0.2) is 40.3 Å². The van der Waals surface area contributed by atoms with Gasteiger partial charge >= 0.3 is 6.18 Å². The predicted octanol–water partition coefficient (Wildman–Crippen LogP) is 0.960. The van der Waals surface area contributed by atoms with Crippen molar-refractivity contribution >= 4 is 11.7 Å². The van der Waals surface area contributed by atoms with Crippen LogP contribution in [0.4, 0.5) is 19.0 Å². The van der Waals surface area contributed by atoms with Crippen LogP contribution in [0.25, 0.3) is 0 Å². The Bertz CT molecular complexity index is 434. The lowest BCUT2D eigenvalue weighted by Crippen LogP contribution is -2.36. The summed E-state index contributed by atoms with van der Waals surface area (Å²) in [6.45, 7) is 0.411. The maximum atomic E-state index is 12.4. The largest absolute Gasteiger partial charge is 0.409 e. The van der Waals surface area contributed by atoms with Crippen molar-refractivity contribution in [2.45, 2.75) is 13.1 Å². The summed E-state index contributed by atoms with van der Waals surface area (Å²) in [5, 5.41) is 11.3. The minimum Gasteiger partial charge on any atom is -0.409 e. The number of hydrogen-bond donors (Lipinski definition) is 2. The minimum atomic E-state index is -4.38. The topological polar surface area (TPSA) is 87.6 Å². The average Bonchev–Trinajstić information content (AvgIpc) is 2.34. The fourth-order valence-electron chi connectivity index (χ4n) is 1.34. The van der Waals surface area contributed by atoms with Gasteiger partial charge in [-0.25, -0.2) is 9.97 Å². The maximum Gasteiger partial charge on any atom is 0.405 e. The number of amidine groups is 1. The molecule has 18 heavy (non-hydrogen) atoms. The molecule has 0 bridgehead atoms. The van der Waals surface area contributed by atoms with Gasteiger partial charge in [0.15, 0.2) is 17.3 Å². The van der Waals surface area contributed by atoms with Crippen molar-refractivity contribution in [1.29, 1.82) is 0 Å². The van der Waals surface area contributed by atoms with E-state index in [0.29, 0.717) is 0 Å². The minimum absolute atomic E-state index is 0.0594. The Morgan fingerprint density at radius 1 is 1.44 bits per heavy atom. The first kappa shape index (κ1) is 14.0. The van der Waals surface area contributed by atoms with Crippen molar-refractivity contribution in [1.82, 2.24) is 9.97 Å². The highest BCUT2D eigenvalue weighted by Crippen LogP contribution is 2.22. The Morgan fingerprint density at radius 2 is 2.06 bits per heavy atom. The lowest BCUT2D eigenvalue weighted by Gasteiger charge is -2.24. The molecule has 0 aliphatic carbocycles. The van der Waals surface area contributed by atoms with E-state index in [-0.39, 0.29) is 18.1 Å². The second-order valence-corrected chi connectivity index (χ2v) is 3.34. The molecule has 0 saturated heterocycles. The number of nitrogens with zero attached hydrogens (tertiary/aromatic N) is 4. The summed E-state index contributed by atoms with van der Waals surface area (Å²) in [7, 11) is 0. The Hall–Kier alpha value is -2.06. The maximum absolute atomic E-state index is 12.4. The van der Waals surface area contributed by atoms with E-state index in [0.717, 1.165) is 4.90 Å². The van der Waals surface area contributed by atoms with Gasteiger partial charge in [-0.15, -0.1) is 0 Å². The Labute approximate surface area is 101 Å². The molecule has 0 aromatic carbocycles. The molecule has 0 saturated carbocycles. The fourth-order valence-corrected chi connectivity index (χ4v) is 1.34. The smallest absolute Gasteiger partial charge is 0.405 e. The third-order valence-corrected chi connectivity index (χ3v) is 2.08. The third kappa shape index (κ3) is 3.47. The zero-order valence-electron chi connectivity index (χ0n) is 9.52. The lowest BCUT2D eigenvalue weighted by atomic mass is 10.3. The number of halogens is 3. The monoisotopic (exact) mass is 263 g/mol. The molecule has 9 heteroatoms. The van der Waals surface area contributed by atoms with Gasteiger partial charge in [-0.2, -0.15) is 13.2 Å². The first-order chi connectivity index (χ1) is 8.39. The van der Waals surface area contributed by atoms with E-state index in [1.165, 1.54) is 19.3 Å². The predicted molar refractivity (Wildman–Crippen MR) is 58.5 cm³/mol. The molecule has 1 aromatic heterocycles. The SMILES string of the molecule is CCN(CC(F)(F)F)c1nccnc1C(N)=NO. The third-order valence-electron chi connectivity index (χ3n) is 2.08. The van der Waals surface area contributed by atoms with Gasteiger partial charge in [0.1, 0.15) is 6.54 Å². The number of nitrogens with two attached hydrogens (primary N) is 1. The van der Waals surface area contributed by atoms with Crippen molar-refractivity contribution in [3.05, 3.63) is 18.1 Å². The molecule has 0 fully saturated rings. The second-order valence-electron chi connectivity index (χ2n) is 3.34. The molecule has 0 amide bonds. The van der Waals surface area contributed by atoms with Gasteiger partial charge in [-0.1, -0.05) is 5.16 Å². The van der Waals surface area contributed by atoms with Crippen LogP contribution < -0.4 is 10.6 Å². The van der Waals surface area contributed by atoms with Gasteiger partial charge in [0.05, 0.1) is 0 Å². The van der Waals surface area contributed by atoms with Gasteiger partial charge in [0, 0.05) is 18.9 Å². The van der Waals surface area contributed by atoms with E-state index in [2.05, 4.69) is 15.1 Å². The molecule has 0 atom stereocenters. The molecule has 0 unspecified atom stereocenters. The van der Waals surface area contributed by atoms with E-state index < -0.39 is 18.6 Å². The van der Waals surface area contributed by atoms with Crippen LogP contribution in [0, 0.1) is 0 Å². The summed E-state index contributed by atoms with van der Waals surface area (Å²) in [5.74, 6) is -0.466. The molecule has 0 spiro atoms. The second kappa shape index (κ2) is 5.52. The van der Waals surface area contributed by atoms with Crippen molar-refractivity contribution in [3.63, 3.8) is 0 Å². The fraction of sp³-hybridized carbons (Fsp3) is 0.444.